The van der Waals surface area contributed by atoms with Crippen LogP contribution in [0.3, 0.4) is 0 Å². The van der Waals surface area contributed by atoms with Crippen molar-refractivity contribution in [3.63, 3.8) is 0 Å². The Morgan fingerprint density at radius 1 is 1.41 bits per heavy atom. The number of piperidine rings is 1. The van der Waals surface area contributed by atoms with Gasteiger partial charge in [0.05, 0.1) is 23.1 Å². The molecule has 1 saturated heterocycles. The molecule has 1 N–H and O–H groups in total. The van der Waals surface area contributed by atoms with Crippen LogP contribution in [-0.4, -0.2) is 57.7 Å². The van der Waals surface area contributed by atoms with E-state index in [1.54, 1.807) is 0 Å². The molecule has 1 fully saturated rings. The maximum atomic E-state index is 13.3. The molecule has 0 aromatic carbocycles. The first-order chi connectivity index (χ1) is 12.9. The lowest BCUT2D eigenvalue weighted by atomic mass is 9.98. The number of nitrogens with one attached hydrogen (secondary N) is 1. The fourth-order valence-corrected chi connectivity index (χ4v) is 4.59. The average Bonchev–Trinajstić information content (AvgIpc) is 3.17. The summed E-state index contributed by atoms with van der Waals surface area (Å²) in [7, 11) is 6.09. The van der Waals surface area contributed by atoms with E-state index in [2.05, 4.69) is 35.4 Å². The summed E-state index contributed by atoms with van der Waals surface area (Å²) in [4.78, 5) is 22.7. The van der Waals surface area contributed by atoms with Crippen LogP contribution < -0.4 is 5.32 Å². The second-order valence-electron chi connectivity index (χ2n) is 7.40. The summed E-state index contributed by atoms with van der Waals surface area (Å²) in [5, 5.41) is 8.77. The smallest absolute Gasteiger partial charge is 0.266 e. The summed E-state index contributed by atoms with van der Waals surface area (Å²) in [6, 6.07) is 2.19. The first kappa shape index (κ1) is 19.8. The number of aromatic nitrogens is 3. The molecule has 0 spiro atoms. The maximum absolute atomic E-state index is 13.3. The number of carbonyl (C=O) groups excluding carboxylic acids is 1. The van der Waals surface area contributed by atoms with Crippen molar-refractivity contribution in [3.05, 3.63) is 28.0 Å². The quantitative estimate of drug-likeness (QED) is 0.821. The first-order valence-electron chi connectivity index (χ1n) is 9.60. The lowest BCUT2D eigenvalue weighted by Crippen LogP contribution is -2.38. The van der Waals surface area contributed by atoms with E-state index in [1.165, 1.54) is 11.3 Å². The van der Waals surface area contributed by atoms with Gasteiger partial charge >= 0.3 is 0 Å². The van der Waals surface area contributed by atoms with Crippen molar-refractivity contribution in [1.29, 1.82) is 0 Å². The molecule has 0 bridgehead atoms. The van der Waals surface area contributed by atoms with Crippen molar-refractivity contribution in [2.75, 3.05) is 32.5 Å². The largest absolute Gasteiger partial charge is 0.362 e. The Kier molecular flexibility index (Phi) is 6.16. The molecule has 2 aromatic heterocycles. The molecule has 3 heterocycles. The minimum atomic E-state index is 0.0393. The lowest BCUT2D eigenvalue weighted by Gasteiger charge is -2.34. The topological polar surface area (TPSA) is 66.3 Å². The number of thiazole rings is 1. The van der Waals surface area contributed by atoms with Crippen LogP contribution in [0.5, 0.6) is 0 Å². The third-order valence-electron chi connectivity index (χ3n) is 4.90. The average molecular weight is 391 g/mol. The molecular weight excluding hydrogens is 360 g/mol. The first-order valence-corrected chi connectivity index (χ1v) is 10.4. The summed E-state index contributed by atoms with van der Waals surface area (Å²) in [5.74, 6) is 0.0821. The fraction of sp³-hybridized carbons (Fsp3) is 0.632. The Morgan fingerprint density at radius 2 is 2.19 bits per heavy atom. The predicted octanol–water partition coefficient (Wildman–Crippen LogP) is 3.05. The van der Waals surface area contributed by atoms with Crippen LogP contribution in [0.25, 0.3) is 0 Å². The van der Waals surface area contributed by atoms with Gasteiger partial charge in [0.2, 0.25) is 0 Å². The zero-order chi connectivity index (χ0) is 19.6. The second-order valence-corrected chi connectivity index (χ2v) is 8.40. The van der Waals surface area contributed by atoms with Gasteiger partial charge in [-0.05, 0) is 53.3 Å². The molecule has 1 unspecified atom stereocenters. The number of hydrogen-bond acceptors (Lipinski definition) is 6. The van der Waals surface area contributed by atoms with Crippen LogP contribution in [0.2, 0.25) is 0 Å². The Balaban J connectivity index is 1.86. The molecule has 1 aliphatic rings. The number of anilines is 1. The zero-order valence-corrected chi connectivity index (χ0v) is 17.8. The van der Waals surface area contributed by atoms with E-state index in [0.29, 0.717) is 0 Å². The van der Waals surface area contributed by atoms with Gasteiger partial charge < -0.3 is 15.1 Å². The van der Waals surface area contributed by atoms with Crippen LogP contribution in [0.15, 0.2) is 6.07 Å². The SMILES string of the molecule is CCNc1nc(C)c(C(=O)N2CCCCC2c2cc(CN(C)C)n(C)n2)s1. The van der Waals surface area contributed by atoms with E-state index in [0.717, 1.165) is 66.0 Å². The van der Waals surface area contributed by atoms with Gasteiger partial charge in [-0.3, -0.25) is 9.48 Å². The second kappa shape index (κ2) is 8.39. The van der Waals surface area contributed by atoms with E-state index in [-0.39, 0.29) is 11.9 Å². The fourth-order valence-electron chi connectivity index (χ4n) is 3.60. The summed E-state index contributed by atoms with van der Waals surface area (Å²) in [6.45, 7) is 6.36. The third kappa shape index (κ3) is 4.32. The molecule has 1 atom stereocenters. The summed E-state index contributed by atoms with van der Waals surface area (Å²) >= 11 is 1.45. The van der Waals surface area contributed by atoms with Gasteiger partial charge in [0.25, 0.3) is 5.91 Å². The van der Waals surface area contributed by atoms with Crippen molar-refractivity contribution in [1.82, 2.24) is 24.6 Å². The number of nitrogens with zero attached hydrogens (tertiary/aromatic N) is 5. The van der Waals surface area contributed by atoms with E-state index in [4.69, 9.17) is 5.10 Å². The molecule has 2 aromatic rings. The summed E-state index contributed by atoms with van der Waals surface area (Å²) in [6.07, 6.45) is 3.12. The van der Waals surface area contributed by atoms with Crippen molar-refractivity contribution < 1.29 is 4.79 Å². The van der Waals surface area contributed by atoms with Crippen molar-refractivity contribution >= 4 is 22.4 Å². The van der Waals surface area contributed by atoms with Crippen molar-refractivity contribution in [3.8, 4) is 0 Å². The molecule has 27 heavy (non-hydrogen) atoms. The van der Waals surface area contributed by atoms with Crippen LogP contribution >= 0.6 is 11.3 Å². The summed E-state index contributed by atoms with van der Waals surface area (Å²) < 4.78 is 1.94. The number of likely N-dealkylation sites (tertiary alicyclic amines) is 1. The van der Waals surface area contributed by atoms with Gasteiger partial charge in [0, 0.05) is 26.7 Å². The molecule has 1 aliphatic heterocycles. The number of aryl methyl sites for hydroxylation is 2. The van der Waals surface area contributed by atoms with Gasteiger partial charge in [-0.2, -0.15) is 5.10 Å². The zero-order valence-electron chi connectivity index (χ0n) is 16.9. The highest BCUT2D eigenvalue weighted by atomic mass is 32.1. The minimum absolute atomic E-state index is 0.0393. The highest BCUT2D eigenvalue weighted by Gasteiger charge is 2.32. The molecule has 0 radical (unpaired) electrons. The van der Waals surface area contributed by atoms with Gasteiger partial charge in [-0.25, -0.2) is 4.98 Å². The minimum Gasteiger partial charge on any atom is -0.362 e. The Hall–Kier alpha value is -1.93. The highest BCUT2D eigenvalue weighted by Crippen LogP contribution is 2.34. The number of hydrogen-bond donors (Lipinski definition) is 1. The lowest BCUT2D eigenvalue weighted by molar-refractivity contribution is 0.0609. The van der Waals surface area contributed by atoms with E-state index >= 15 is 0 Å². The van der Waals surface area contributed by atoms with E-state index < -0.39 is 0 Å². The van der Waals surface area contributed by atoms with E-state index in [1.807, 2.05) is 30.5 Å². The standard InChI is InChI=1S/C19H30N6OS/c1-6-20-19-21-13(2)17(27-19)18(26)25-10-8-7-9-16(25)15-11-14(12-23(3)4)24(5)22-15/h11,16H,6-10,12H2,1-5H3,(H,20,21). The molecule has 0 aliphatic carbocycles. The van der Waals surface area contributed by atoms with Gasteiger partial charge in [-0.15, -0.1) is 0 Å². The van der Waals surface area contributed by atoms with Gasteiger partial charge in [0.1, 0.15) is 4.88 Å². The maximum Gasteiger partial charge on any atom is 0.266 e. The summed E-state index contributed by atoms with van der Waals surface area (Å²) in [5.41, 5.74) is 2.97. The molecule has 7 nitrogen and oxygen atoms in total. The Labute approximate surface area is 165 Å². The molecule has 148 valence electrons. The van der Waals surface area contributed by atoms with Crippen LogP contribution in [0, 0.1) is 6.92 Å². The molecule has 3 rings (SSSR count). The van der Waals surface area contributed by atoms with Crippen LogP contribution in [0.1, 0.15) is 59.0 Å². The highest BCUT2D eigenvalue weighted by molar-refractivity contribution is 7.17. The van der Waals surface area contributed by atoms with E-state index in [9.17, 15) is 4.79 Å². The monoisotopic (exact) mass is 390 g/mol. The molecule has 8 heteroatoms. The number of carbonyl (C=O) groups is 1. The van der Waals surface area contributed by atoms with Crippen molar-refractivity contribution in [2.24, 2.45) is 7.05 Å². The van der Waals surface area contributed by atoms with Crippen LogP contribution in [-0.2, 0) is 13.6 Å². The third-order valence-corrected chi connectivity index (χ3v) is 6.00. The number of amides is 1. The van der Waals surface area contributed by atoms with Gasteiger partial charge in [0.15, 0.2) is 5.13 Å². The Bertz CT molecular complexity index is 796. The predicted molar refractivity (Wildman–Crippen MR) is 109 cm³/mol. The molecule has 0 saturated carbocycles. The van der Waals surface area contributed by atoms with Crippen LogP contribution in [0.4, 0.5) is 5.13 Å². The van der Waals surface area contributed by atoms with Crippen molar-refractivity contribution in [2.45, 2.75) is 45.7 Å². The molecule has 1 amide bonds. The molecular formula is C19H30N6OS. The van der Waals surface area contributed by atoms with Gasteiger partial charge in [-0.1, -0.05) is 11.3 Å². The Morgan fingerprint density at radius 3 is 2.89 bits per heavy atom. The normalized spacial score (nSPS) is 17.6. The number of rotatable bonds is 6.